The summed E-state index contributed by atoms with van der Waals surface area (Å²) < 4.78 is 23.0. The molecule has 0 saturated carbocycles. The minimum absolute atomic E-state index is 0.0972. The van der Waals surface area contributed by atoms with Crippen molar-refractivity contribution in [3.63, 3.8) is 0 Å². The van der Waals surface area contributed by atoms with Crippen LogP contribution in [-0.2, 0) is 9.84 Å². The zero-order valence-electron chi connectivity index (χ0n) is 11.9. The van der Waals surface area contributed by atoms with Gasteiger partial charge in [-0.2, -0.15) is 5.26 Å². The number of anilines is 1. The van der Waals surface area contributed by atoms with Crippen molar-refractivity contribution in [2.75, 3.05) is 16.8 Å². The van der Waals surface area contributed by atoms with Crippen molar-refractivity contribution in [2.24, 2.45) is 0 Å². The lowest BCUT2D eigenvalue weighted by atomic mass is 10.1. The largest absolute Gasteiger partial charge is 0.365 e. The second-order valence-corrected chi connectivity index (χ2v) is 7.57. The third-order valence-corrected chi connectivity index (χ3v) is 5.46. The summed E-state index contributed by atoms with van der Waals surface area (Å²) in [5.41, 5.74) is 2.27. The highest BCUT2D eigenvalue weighted by Gasteiger charge is 2.28. The fourth-order valence-electron chi connectivity index (χ4n) is 2.56. The van der Waals surface area contributed by atoms with E-state index in [1.54, 1.807) is 12.3 Å². The second kappa shape index (κ2) is 5.78. The van der Waals surface area contributed by atoms with Crippen LogP contribution in [0.1, 0.15) is 12.0 Å². The van der Waals surface area contributed by atoms with Gasteiger partial charge in [-0.05, 0) is 18.1 Å². The van der Waals surface area contributed by atoms with Crippen molar-refractivity contribution in [2.45, 2.75) is 12.5 Å². The molecule has 0 spiro atoms. The van der Waals surface area contributed by atoms with Gasteiger partial charge in [-0.25, -0.2) is 13.4 Å². The molecule has 6 heteroatoms. The van der Waals surface area contributed by atoms with Gasteiger partial charge >= 0.3 is 0 Å². The predicted molar refractivity (Wildman–Crippen MR) is 85.1 cm³/mol. The van der Waals surface area contributed by atoms with Crippen LogP contribution in [0.15, 0.2) is 42.6 Å². The highest BCUT2D eigenvalue weighted by atomic mass is 32.2. The zero-order chi connectivity index (χ0) is 15.6. The van der Waals surface area contributed by atoms with Crippen LogP contribution < -0.4 is 5.32 Å². The van der Waals surface area contributed by atoms with E-state index in [0.29, 0.717) is 17.8 Å². The van der Waals surface area contributed by atoms with Gasteiger partial charge < -0.3 is 5.32 Å². The van der Waals surface area contributed by atoms with E-state index in [9.17, 15) is 13.7 Å². The van der Waals surface area contributed by atoms with Gasteiger partial charge in [0.15, 0.2) is 9.84 Å². The van der Waals surface area contributed by atoms with E-state index in [-0.39, 0.29) is 17.5 Å². The Morgan fingerprint density at radius 2 is 2.00 bits per heavy atom. The molecule has 2 aromatic rings. The number of hydrogen-bond donors (Lipinski definition) is 1. The molecule has 3 rings (SSSR count). The van der Waals surface area contributed by atoms with E-state index in [1.165, 1.54) is 0 Å². The van der Waals surface area contributed by atoms with Gasteiger partial charge in [-0.3, -0.25) is 0 Å². The number of sulfone groups is 1. The molecule has 1 saturated heterocycles. The number of benzene rings is 1. The molecule has 112 valence electrons. The smallest absolute Gasteiger partial charge is 0.152 e. The summed E-state index contributed by atoms with van der Waals surface area (Å²) >= 11 is 0. The molecule has 1 aliphatic heterocycles. The monoisotopic (exact) mass is 313 g/mol. The molecule has 0 unspecified atom stereocenters. The predicted octanol–water partition coefficient (Wildman–Crippen LogP) is 2.22. The number of nitrogens with one attached hydrogen (secondary N) is 1. The maximum Gasteiger partial charge on any atom is 0.152 e. The summed E-state index contributed by atoms with van der Waals surface area (Å²) in [6.07, 6.45) is 2.25. The molecule has 2 heterocycles. The molecule has 5 nitrogen and oxygen atoms in total. The Bertz CT molecular complexity index is 826. The molecule has 1 aromatic carbocycles. The van der Waals surface area contributed by atoms with E-state index in [4.69, 9.17) is 0 Å². The topological polar surface area (TPSA) is 82.8 Å². The Morgan fingerprint density at radius 3 is 2.64 bits per heavy atom. The Hall–Kier alpha value is -2.39. The van der Waals surface area contributed by atoms with Crippen LogP contribution in [-0.4, -0.2) is 30.9 Å². The van der Waals surface area contributed by atoms with Crippen LogP contribution in [0, 0.1) is 11.3 Å². The minimum Gasteiger partial charge on any atom is -0.365 e. The first kappa shape index (κ1) is 14.5. The molecule has 22 heavy (non-hydrogen) atoms. The van der Waals surface area contributed by atoms with E-state index < -0.39 is 9.84 Å². The van der Waals surface area contributed by atoms with Gasteiger partial charge in [0.1, 0.15) is 11.9 Å². The molecule has 1 aromatic heterocycles. The van der Waals surface area contributed by atoms with Crippen LogP contribution in [0.25, 0.3) is 11.1 Å². The average Bonchev–Trinajstić information content (AvgIpc) is 2.87. The molecular formula is C16H15N3O2S. The SMILES string of the molecule is N#Cc1cc(-c2ccccc2)cnc1N[C@H]1CCS(=O)(=O)C1. The summed E-state index contributed by atoms with van der Waals surface area (Å²) in [6, 6.07) is 13.4. The first-order valence-corrected chi connectivity index (χ1v) is 8.82. The number of rotatable bonds is 3. The molecule has 0 radical (unpaired) electrons. The first-order valence-electron chi connectivity index (χ1n) is 7.00. The highest BCUT2D eigenvalue weighted by molar-refractivity contribution is 7.91. The lowest BCUT2D eigenvalue weighted by Gasteiger charge is -2.13. The summed E-state index contributed by atoms with van der Waals surface area (Å²) in [5, 5.41) is 12.4. The van der Waals surface area contributed by atoms with Crippen LogP contribution >= 0.6 is 0 Å². The maximum atomic E-state index is 11.5. The van der Waals surface area contributed by atoms with Crippen LogP contribution in [0.3, 0.4) is 0 Å². The summed E-state index contributed by atoms with van der Waals surface area (Å²) in [6.45, 7) is 0. The third kappa shape index (κ3) is 3.10. The molecular weight excluding hydrogens is 298 g/mol. The van der Waals surface area contributed by atoms with Crippen molar-refractivity contribution in [3.05, 3.63) is 48.2 Å². The highest BCUT2D eigenvalue weighted by Crippen LogP contribution is 2.24. The number of hydrogen-bond acceptors (Lipinski definition) is 5. The number of nitrogens with zero attached hydrogens (tertiary/aromatic N) is 2. The van der Waals surface area contributed by atoms with E-state index in [0.717, 1.165) is 11.1 Å². The molecule has 0 amide bonds. The fourth-order valence-corrected chi connectivity index (χ4v) is 4.23. The van der Waals surface area contributed by atoms with Crippen molar-refractivity contribution < 1.29 is 8.42 Å². The summed E-state index contributed by atoms with van der Waals surface area (Å²) in [4.78, 5) is 4.31. The number of nitriles is 1. The first-order chi connectivity index (χ1) is 10.6. The standard InChI is InChI=1S/C16H15N3O2S/c17-9-13-8-14(12-4-2-1-3-5-12)10-18-16(13)19-15-6-7-22(20,21)11-15/h1-5,8,10,15H,6-7,11H2,(H,18,19)/t15-/m0/s1. The maximum absolute atomic E-state index is 11.5. The van der Waals surface area contributed by atoms with E-state index >= 15 is 0 Å². The van der Waals surface area contributed by atoms with Crippen LogP contribution in [0.4, 0.5) is 5.82 Å². The van der Waals surface area contributed by atoms with Gasteiger partial charge in [0.25, 0.3) is 0 Å². The van der Waals surface area contributed by atoms with E-state index in [2.05, 4.69) is 16.4 Å². The Kier molecular flexibility index (Phi) is 3.82. The molecule has 1 fully saturated rings. The van der Waals surface area contributed by atoms with Gasteiger partial charge in [-0.1, -0.05) is 30.3 Å². The quantitative estimate of drug-likeness (QED) is 0.939. The van der Waals surface area contributed by atoms with Crippen molar-refractivity contribution in [3.8, 4) is 17.2 Å². The summed E-state index contributed by atoms with van der Waals surface area (Å²) in [7, 11) is -2.96. The Labute approximate surface area is 129 Å². The lowest BCUT2D eigenvalue weighted by Crippen LogP contribution is -2.21. The van der Waals surface area contributed by atoms with Crippen LogP contribution in [0.2, 0.25) is 0 Å². The molecule has 1 aliphatic rings. The van der Waals surface area contributed by atoms with Crippen molar-refractivity contribution in [1.82, 2.24) is 4.98 Å². The third-order valence-electron chi connectivity index (χ3n) is 3.69. The normalized spacial score (nSPS) is 19.5. The number of aromatic nitrogens is 1. The molecule has 0 bridgehead atoms. The van der Waals surface area contributed by atoms with Gasteiger partial charge in [0, 0.05) is 17.8 Å². The number of pyridine rings is 1. The average molecular weight is 313 g/mol. The zero-order valence-corrected chi connectivity index (χ0v) is 12.7. The van der Waals surface area contributed by atoms with Gasteiger partial charge in [0.2, 0.25) is 0 Å². The Balaban J connectivity index is 1.86. The lowest BCUT2D eigenvalue weighted by molar-refractivity contribution is 0.602. The Morgan fingerprint density at radius 1 is 1.23 bits per heavy atom. The van der Waals surface area contributed by atoms with Crippen molar-refractivity contribution >= 4 is 15.7 Å². The minimum atomic E-state index is -2.96. The second-order valence-electron chi connectivity index (χ2n) is 5.34. The molecule has 1 atom stereocenters. The fraction of sp³-hybridized carbons (Fsp3) is 0.250. The molecule has 1 N–H and O–H groups in total. The van der Waals surface area contributed by atoms with Crippen LogP contribution in [0.5, 0.6) is 0 Å². The van der Waals surface area contributed by atoms with Gasteiger partial charge in [0.05, 0.1) is 17.1 Å². The molecule has 0 aliphatic carbocycles. The summed E-state index contributed by atoms with van der Waals surface area (Å²) in [5.74, 6) is 0.735. The van der Waals surface area contributed by atoms with Gasteiger partial charge in [-0.15, -0.1) is 0 Å². The van der Waals surface area contributed by atoms with Crippen molar-refractivity contribution in [1.29, 1.82) is 5.26 Å². The van der Waals surface area contributed by atoms with E-state index in [1.807, 2.05) is 30.3 Å².